The summed E-state index contributed by atoms with van der Waals surface area (Å²) in [5.74, 6) is 0.873. The van der Waals surface area contributed by atoms with Gasteiger partial charge in [0.15, 0.2) is 5.82 Å². The smallest absolute Gasteiger partial charge is 0.223 e. The van der Waals surface area contributed by atoms with Gasteiger partial charge in [-0.15, -0.1) is 0 Å². The van der Waals surface area contributed by atoms with Crippen LogP contribution < -0.4 is 0 Å². The van der Waals surface area contributed by atoms with Crippen molar-refractivity contribution in [3.63, 3.8) is 0 Å². The number of benzene rings is 1. The van der Waals surface area contributed by atoms with E-state index in [0.29, 0.717) is 36.4 Å². The number of rotatable bonds is 6. The monoisotopic (exact) mass is 291 g/mol. The quantitative estimate of drug-likeness (QED) is 0.884. The van der Waals surface area contributed by atoms with Crippen molar-refractivity contribution in [3.05, 3.63) is 47.4 Å². The van der Waals surface area contributed by atoms with Gasteiger partial charge in [-0.05, 0) is 30.5 Å². The highest BCUT2D eigenvalue weighted by molar-refractivity contribution is 5.19. The molecule has 0 bridgehead atoms. The summed E-state index contributed by atoms with van der Waals surface area (Å²) in [4.78, 5) is 6.35. The van der Waals surface area contributed by atoms with Crippen LogP contribution in [-0.2, 0) is 6.54 Å². The number of aliphatic hydroxyl groups is 1. The summed E-state index contributed by atoms with van der Waals surface area (Å²) in [6.45, 7) is 2.79. The van der Waals surface area contributed by atoms with E-state index >= 15 is 0 Å². The average Bonchev–Trinajstić information content (AvgIpc) is 3.23. The molecule has 112 valence electrons. The molecule has 1 fully saturated rings. The molecule has 0 aliphatic heterocycles. The van der Waals surface area contributed by atoms with E-state index in [0.717, 1.165) is 12.8 Å². The molecule has 0 amide bonds. The summed E-state index contributed by atoms with van der Waals surface area (Å²) in [6, 6.07) is 6.41. The van der Waals surface area contributed by atoms with Crippen LogP contribution in [0.5, 0.6) is 0 Å². The second kappa shape index (κ2) is 5.91. The highest BCUT2D eigenvalue weighted by Gasteiger charge is 2.31. The van der Waals surface area contributed by atoms with E-state index in [-0.39, 0.29) is 5.82 Å². The summed E-state index contributed by atoms with van der Waals surface area (Å²) >= 11 is 0. The van der Waals surface area contributed by atoms with Gasteiger partial charge in [-0.1, -0.05) is 17.3 Å². The molecule has 1 saturated carbocycles. The van der Waals surface area contributed by atoms with E-state index < -0.39 is 6.10 Å². The molecule has 1 aliphatic carbocycles. The van der Waals surface area contributed by atoms with E-state index in [1.54, 1.807) is 19.1 Å². The van der Waals surface area contributed by atoms with Gasteiger partial charge in [-0.25, -0.2) is 4.39 Å². The van der Waals surface area contributed by atoms with Crippen LogP contribution in [0.15, 0.2) is 28.8 Å². The van der Waals surface area contributed by atoms with E-state index in [1.807, 2.05) is 0 Å². The van der Waals surface area contributed by atoms with E-state index in [9.17, 15) is 9.50 Å². The molecule has 1 atom stereocenters. The maximum atomic E-state index is 12.9. The van der Waals surface area contributed by atoms with E-state index in [1.165, 1.54) is 12.1 Å². The molecule has 3 rings (SSSR count). The lowest BCUT2D eigenvalue weighted by Gasteiger charge is -2.23. The van der Waals surface area contributed by atoms with Gasteiger partial charge in [-0.3, -0.25) is 4.90 Å². The fourth-order valence-corrected chi connectivity index (χ4v) is 2.38. The molecule has 1 aromatic heterocycles. The lowest BCUT2D eigenvalue weighted by Crippen LogP contribution is -2.30. The maximum absolute atomic E-state index is 12.9. The Morgan fingerprint density at radius 2 is 2.10 bits per heavy atom. The van der Waals surface area contributed by atoms with Gasteiger partial charge in [0.2, 0.25) is 5.89 Å². The Hall–Kier alpha value is -1.79. The van der Waals surface area contributed by atoms with Crippen LogP contribution in [0.4, 0.5) is 4.39 Å². The highest BCUT2D eigenvalue weighted by Crippen LogP contribution is 2.30. The Bertz CT molecular complexity index is 595. The van der Waals surface area contributed by atoms with Crippen LogP contribution in [0.25, 0.3) is 0 Å². The number of aryl methyl sites for hydroxylation is 1. The Balaban J connectivity index is 1.66. The van der Waals surface area contributed by atoms with Crippen molar-refractivity contribution in [2.24, 2.45) is 0 Å². The van der Waals surface area contributed by atoms with E-state index in [2.05, 4.69) is 15.0 Å². The minimum absolute atomic E-state index is 0.299. The van der Waals surface area contributed by atoms with Crippen LogP contribution in [0, 0.1) is 12.7 Å². The van der Waals surface area contributed by atoms with Crippen LogP contribution in [-0.4, -0.2) is 32.7 Å². The molecule has 1 unspecified atom stereocenters. The number of aliphatic hydroxyl groups excluding tert-OH is 1. The fourth-order valence-electron chi connectivity index (χ4n) is 2.38. The van der Waals surface area contributed by atoms with Crippen molar-refractivity contribution >= 4 is 0 Å². The second-order valence-electron chi connectivity index (χ2n) is 5.46. The molecule has 1 aliphatic rings. The minimum atomic E-state index is -0.654. The normalized spacial score (nSPS) is 16.4. The van der Waals surface area contributed by atoms with Crippen LogP contribution in [0.1, 0.15) is 36.2 Å². The van der Waals surface area contributed by atoms with Crippen LogP contribution in [0.2, 0.25) is 0 Å². The Morgan fingerprint density at radius 1 is 1.38 bits per heavy atom. The number of hydrogen-bond acceptors (Lipinski definition) is 5. The lowest BCUT2D eigenvalue weighted by atomic mass is 10.1. The molecule has 0 spiro atoms. The van der Waals surface area contributed by atoms with E-state index in [4.69, 9.17) is 4.52 Å². The highest BCUT2D eigenvalue weighted by atomic mass is 19.1. The molecule has 5 nitrogen and oxygen atoms in total. The number of aromatic nitrogens is 2. The first-order valence-electron chi connectivity index (χ1n) is 7.08. The SMILES string of the molecule is Cc1nc(CN(CC(O)c2ccc(F)cc2)C2CC2)no1. The molecule has 2 aromatic rings. The Morgan fingerprint density at radius 3 is 2.67 bits per heavy atom. The minimum Gasteiger partial charge on any atom is -0.387 e. The lowest BCUT2D eigenvalue weighted by molar-refractivity contribution is 0.102. The fraction of sp³-hybridized carbons (Fsp3) is 0.467. The van der Waals surface area contributed by atoms with Gasteiger partial charge in [0.25, 0.3) is 0 Å². The third-order valence-corrected chi connectivity index (χ3v) is 3.64. The summed E-state index contributed by atoms with van der Waals surface area (Å²) in [6.07, 6.45) is 1.58. The summed E-state index contributed by atoms with van der Waals surface area (Å²) in [5.41, 5.74) is 0.714. The van der Waals surface area contributed by atoms with Gasteiger partial charge in [0.1, 0.15) is 5.82 Å². The van der Waals surface area contributed by atoms with Gasteiger partial charge in [-0.2, -0.15) is 4.98 Å². The molecule has 1 aromatic carbocycles. The zero-order valence-corrected chi connectivity index (χ0v) is 11.9. The maximum Gasteiger partial charge on any atom is 0.223 e. The Labute approximate surface area is 122 Å². The molecular formula is C15H18FN3O2. The molecule has 1 heterocycles. The molecular weight excluding hydrogens is 273 g/mol. The molecule has 1 N–H and O–H groups in total. The van der Waals surface area contributed by atoms with Crippen LogP contribution >= 0.6 is 0 Å². The number of hydrogen-bond donors (Lipinski definition) is 1. The summed E-state index contributed by atoms with van der Waals surface area (Å²) in [7, 11) is 0. The zero-order valence-electron chi connectivity index (χ0n) is 11.9. The van der Waals surface area contributed by atoms with Gasteiger partial charge in [0.05, 0.1) is 12.6 Å². The van der Waals surface area contributed by atoms with Crippen molar-refractivity contribution in [2.75, 3.05) is 6.54 Å². The first kappa shape index (κ1) is 14.2. The van der Waals surface area contributed by atoms with Gasteiger partial charge in [0, 0.05) is 19.5 Å². The predicted molar refractivity (Wildman–Crippen MR) is 73.8 cm³/mol. The third kappa shape index (κ3) is 3.65. The molecule has 0 radical (unpaired) electrons. The zero-order chi connectivity index (χ0) is 14.8. The average molecular weight is 291 g/mol. The third-order valence-electron chi connectivity index (χ3n) is 3.64. The van der Waals surface area contributed by atoms with Crippen molar-refractivity contribution in [1.29, 1.82) is 0 Å². The molecule has 0 saturated heterocycles. The second-order valence-corrected chi connectivity index (χ2v) is 5.46. The largest absolute Gasteiger partial charge is 0.387 e. The molecule has 6 heteroatoms. The first-order chi connectivity index (χ1) is 10.1. The Kier molecular flexibility index (Phi) is 3.98. The first-order valence-corrected chi connectivity index (χ1v) is 7.08. The van der Waals surface area contributed by atoms with Gasteiger partial charge < -0.3 is 9.63 Å². The summed E-state index contributed by atoms with van der Waals surface area (Å²) < 4.78 is 17.9. The van der Waals surface area contributed by atoms with Gasteiger partial charge >= 0.3 is 0 Å². The van der Waals surface area contributed by atoms with Crippen molar-refractivity contribution < 1.29 is 14.0 Å². The number of halogens is 1. The van der Waals surface area contributed by atoms with Crippen molar-refractivity contribution in [3.8, 4) is 0 Å². The predicted octanol–water partition coefficient (Wildman–Crippen LogP) is 2.22. The number of nitrogens with zero attached hydrogens (tertiary/aromatic N) is 3. The van der Waals surface area contributed by atoms with Crippen LogP contribution in [0.3, 0.4) is 0 Å². The van der Waals surface area contributed by atoms with Crippen molar-refractivity contribution in [2.45, 2.75) is 38.5 Å². The topological polar surface area (TPSA) is 62.4 Å². The standard InChI is InChI=1S/C15H18FN3O2/c1-10-17-15(18-21-10)9-19(13-6-7-13)8-14(20)11-2-4-12(16)5-3-11/h2-5,13-14,20H,6-9H2,1H3. The molecule has 21 heavy (non-hydrogen) atoms. The summed E-state index contributed by atoms with van der Waals surface area (Å²) in [5, 5.41) is 14.2. The van der Waals surface area contributed by atoms with Crippen molar-refractivity contribution in [1.82, 2.24) is 15.0 Å².